The van der Waals surface area contributed by atoms with Gasteiger partial charge in [-0.15, -0.1) is 0 Å². The van der Waals surface area contributed by atoms with Gasteiger partial charge in [0.2, 0.25) is 0 Å². The van der Waals surface area contributed by atoms with E-state index in [2.05, 4.69) is 33.0 Å². The fraction of sp³-hybridized carbons (Fsp3) is 0.917. The van der Waals surface area contributed by atoms with Crippen LogP contribution in [0, 0.1) is 11.8 Å². The number of hydrogen-bond acceptors (Lipinski definition) is 1. The number of urea groups is 1. The van der Waals surface area contributed by atoms with Gasteiger partial charge in [0.05, 0.1) is 0 Å². The van der Waals surface area contributed by atoms with E-state index < -0.39 is 6.03 Å². The van der Waals surface area contributed by atoms with E-state index in [4.69, 9.17) is 5.73 Å². The second-order valence-corrected chi connectivity index (χ2v) is 5.04. The van der Waals surface area contributed by atoms with Gasteiger partial charge in [-0.2, -0.15) is 0 Å². The molecule has 2 amide bonds. The second kappa shape index (κ2) is 7.55. The molecule has 0 aliphatic rings. The fourth-order valence-corrected chi connectivity index (χ4v) is 1.67. The van der Waals surface area contributed by atoms with E-state index in [9.17, 15) is 4.79 Å². The summed E-state index contributed by atoms with van der Waals surface area (Å²) in [5, 5.41) is 2.81. The lowest BCUT2D eigenvalue weighted by Gasteiger charge is -2.21. The Bertz CT molecular complexity index is 178. The summed E-state index contributed by atoms with van der Waals surface area (Å²) in [7, 11) is 0. The van der Waals surface area contributed by atoms with E-state index in [1.165, 1.54) is 19.3 Å². The van der Waals surface area contributed by atoms with Crippen LogP contribution < -0.4 is 11.1 Å². The summed E-state index contributed by atoms with van der Waals surface area (Å²) in [6.07, 6.45) is 4.71. The Morgan fingerprint density at radius 1 is 1.13 bits per heavy atom. The van der Waals surface area contributed by atoms with Gasteiger partial charge in [0, 0.05) is 6.04 Å². The van der Waals surface area contributed by atoms with Crippen molar-refractivity contribution in [1.82, 2.24) is 5.32 Å². The smallest absolute Gasteiger partial charge is 0.312 e. The average Bonchev–Trinajstić information content (AvgIpc) is 2.08. The van der Waals surface area contributed by atoms with Crippen LogP contribution in [0.15, 0.2) is 0 Å². The lowest BCUT2D eigenvalue weighted by atomic mass is 9.96. The standard InChI is InChI=1S/C12H26N2O/c1-9(2)7-5-6-8-11(10(3)4)14-12(13)15/h9-11H,5-8H2,1-4H3,(H3,13,14,15). The predicted octanol–water partition coefficient (Wildman–Crippen LogP) is 2.90. The molecular weight excluding hydrogens is 188 g/mol. The molecule has 0 aliphatic carbocycles. The Hall–Kier alpha value is -0.730. The molecule has 0 aromatic carbocycles. The number of hydrogen-bond donors (Lipinski definition) is 2. The Morgan fingerprint density at radius 3 is 2.07 bits per heavy atom. The number of primary amides is 1. The molecule has 1 atom stereocenters. The zero-order valence-electron chi connectivity index (χ0n) is 10.5. The number of unbranched alkanes of at least 4 members (excludes halogenated alkanes) is 1. The van der Waals surface area contributed by atoms with Crippen LogP contribution in [0.25, 0.3) is 0 Å². The van der Waals surface area contributed by atoms with Crippen molar-refractivity contribution in [2.45, 2.75) is 59.4 Å². The summed E-state index contributed by atoms with van der Waals surface area (Å²) in [4.78, 5) is 10.8. The van der Waals surface area contributed by atoms with Crippen LogP contribution in [0.4, 0.5) is 4.79 Å². The quantitative estimate of drug-likeness (QED) is 0.629. The molecule has 3 N–H and O–H groups in total. The lowest BCUT2D eigenvalue weighted by Crippen LogP contribution is -2.41. The maximum atomic E-state index is 10.8. The Morgan fingerprint density at radius 2 is 1.67 bits per heavy atom. The van der Waals surface area contributed by atoms with Gasteiger partial charge in [-0.1, -0.05) is 47.0 Å². The average molecular weight is 214 g/mol. The van der Waals surface area contributed by atoms with Crippen LogP contribution in [0.2, 0.25) is 0 Å². The molecule has 0 aromatic heterocycles. The summed E-state index contributed by atoms with van der Waals surface area (Å²) in [6, 6.07) is -0.174. The Kier molecular flexibility index (Phi) is 7.18. The highest BCUT2D eigenvalue weighted by Gasteiger charge is 2.13. The molecule has 0 spiro atoms. The van der Waals surface area contributed by atoms with Gasteiger partial charge in [-0.3, -0.25) is 0 Å². The van der Waals surface area contributed by atoms with Gasteiger partial charge in [0.25, 0.3) is 0 Å². The minimum absolute atomic E-state index is 0.231. The Balaban J connectivity index is 3.71. The molecule has 0 radical (unpaired) electrons. The molecule has 0 saturated heterocycles. The zero-order chi connectivity index (χ0) is 11.8. The number of nitrogens with two attached hydrogens (primary N) is 1. The van der Waals surface area contributed by atoms with E-state index in [0.29, 0.717) is 5.92 Å². The van der Waals surface area contributed by atoms with Crippen molar-refractivity contribution in [1.29, 1.82) is 0 Å². The van der Waals surface area contributed by atoms with Crippen LogP contribution in [-0.2, 0) is 0 Å². The summed E-state index contributed by atoms with van der Waals surface area (Å²) < 4.78 is 0. The first-order valence-electron chi connectivity index (χ1n) is 5.99. The third-order valence-electron chi connectivity index (χ3n) is 2.68. The predicted molar refractivity (Wildman–Crippen MR) is 64.7 cm³/mol. The van der Waals surface area contributed by atoms with E-state index in [0.717, 1.165) is 12.3 Å². The minimum atomic E-state index is -0.405. The SMILES string of the molecule is CC(C)CCCCC(NC(N)=O)C(C)C. The zero-order valence-corrected chi connectivity index (χ0v) is 10.5. The molecule has 0 bridgehead atoms. The third kappa shape index (κ3) is 8.28. The molecule has 15 heavy (non-hydrogen) atoms. The van der Waals surface area contributed by atoms with Crippen molar-refractivity contribution in [2.75, 3.05) is 0 Å². The van der Waals surface area contributed by atoms with Crippen LogP contribution in [0.5, 0.6) is 0 Å². The summed E-state index contributed by atoms with van der Waals surface area (Å²) in [5.41, 5.74) is 5.13. The van der Waals surface area contributed by atoms with Gasteiger partial charge in [-0.05, 0) is 18.3 Å². The molecule has 0 heterocycles. The number of rotatable bonds is 7. The maximum Gasteiger partial charge on any atom is 0.312 e. The number of carbonyl (C=O) groups is 1. The van der Waals surface area contributed by atoms with E-state index >= 15 is 0 Å². The van der Waals surface area contributed by atoms with Crippen molar-refractivity contribution in [2.24, 2.45) is 17.6 Å². The Labute approximate surface area is 93.8 Å². The number of amides is 2. The molecule has 90 valence electrons. The van der Waals surface area contributed by atoms with Crippen LogP contribution >= 0.6 is 0 Å². The topological polar surface area (TPSA) is 55.1 Å². The van der Waals surface area contributed by atoms with Crippen LogP contribution in [0.3, 0.4) is 0 Å². The van der Waals surface area contributed by atoms with Crippen molar-refractivity contribution in [3.05, 3.63) is 0 Å². The molecule has 3 nitrogen and oxygen atoms in total. The highest BCUT2D eigenvalue weighted by molar-refractivity contribution is 5.71. The molecule has 3 heteroatoms. The monoisotopic (exact) mass is 214 g/mol. The van der Waals surface area contributed by atoms with Gasteiger partial charge in [0.15, 0.2) is 0 Å². The summed E-state index contributed by atoms with van der Waals surface area (Å²) >= 11 is 0. The molecule has 0 aliphatic heterocycles. The van der Waals surface area contributed by atoms with Gasteiger partial charge >= 0.3 is 6.03 Å². The fourth-order valence-electron chi connectivity index (χ4n) is 1.67. The van der Waals surface area contributed by atoms with Crippen LogP contribution in [-0.4, -0.2) is 12.1 Å². The third-order valence-corrected chi connectivity index (χ3v) is 2.68. The van der Waals surface area contributed by atoms with Gasteiger partial charge in [0.1, 0.15) is 0 Å². The number of carbonyl (C=O) groups excluding carboxylic acids is 1. The first kappa shape index (κ1) is 14.3. The molecule has 0 aromatic rings. The summed E-state index contributed by atoms with van der Waals surface area (Å²) in [5.74, 6) is 1.23. The first-order valence-corrected chi connectivity index (χ1v) is 5.99. The summed E-state index contributed by atoms with van der Waals surface area (Å²) in [6.45, 7) is 8.70. The molecule has 0 fully saturated rings. The van der Waals surface area contributed by atoms with Gasteiger partial charge in [-0.25, -0.2) is 4.79 Å². The maximum absolute atomic E-state index is 10.8. The molecule has 0 rings (SSSR count). The highest BCUT2D eigenvalue weighted by Crippen LogP contribution is 2.13. The van der Waals surface area contributed by atoms with Crippen molar-refractivity contribution < 1.29 is 4.79 Å². The normalized spacial score (nSPS) is 13.2. The number of nitrogens with one attached hydrogen (secondary N) is 1. The van der Waals surface area contributed by atoms with Crippen LogP contribution in [0.1, 0.15) is 53.4 Å². The van der Waals surface area contributed by atoms with E-state index in [-0.39, 0.29) is 6.04 Å². The largest absolute Gasteiger partial charge is 0.352 e. The van der Waals surface area contributed by atoms with Crippen molar-refractivity contribution in [3.8, 4) is 0 Å². The molecule has 0 saturated carbocycles. The van der Waals surface area contributed by atoms with E-state index in [1.54, 1.807) is 0 Å². The second-order valence-electron chi connectivity index (χ2n) is 5.04. The van der Waals surface area contributed by atoms with E-state index in [1.807, 2.05) is 0 Å². The first-order chi connectivity index (χ1) is 6.93. The van der Waals surface area contributed by atoms with Gasteiger partial charge < -0.3 is 11.1 Å². The van der Waals surface area contributed by atoms with Crippen molar-refractivity contribution in [3.63, 3.8) is 0 Å². The molecule has 1 unspecified atom stereocenters. The minimum Gasteiger partial charge on any atom is -0.352 e. The highest BCUT2D eigenvalue weighted by atomic mass is 16.2. The lowest BCUT2D eigenvalue weighted by molar-refractivity contribution is 0.239. The molecular formula is C12H26N2O. The van der Waals surface area contributed by atoms with Crippen molar-refractivity contribution >= 4 is 6.03 Å².